The summed E-state index contributed by atoms with van der Waals surface area (Å²) >= 11 is -0.537. The summed E-state index contributed by atoms with van der Waals surface area (Å²) in [5, 5.41) is 7.18. The van der Waals surface area contributed by atoms with Gasteiger partial charge in [0.15, 0.2) is 0 Å². The van der Waals surface area contributed by atoms with Crippen LogP contribution in [-0.4, -0.2) is 31.3 Å². The number of H-pyrrole nitrogens is 1. The molecular weight excluding hydrogens is 339 g/mol. The van der Waals surface area contributed by atoms with E-state index in [-0.39, 0.29) is 0 Å². The van der Waals surface area contributed by atoms with E-state index in [0.717, 1.165) is 0 Å². The van der Waals surface area contributed by atoms with Crippen LogP contribution in [-0.2, 0) is 0 Å². The van der Waals surface area contributed by atoms with E-state index < -0.39 is 21.1 Å². The molecule has 1 heterocycles. The van der Waals surface area contributed by atoms with Gasteiger partial charge in [-0.05, 0) is 0 Å². The molecule has 0 aliphatic heterocycles. The van der Waals surface area contributed by atoms with Crippen molar-refractivity contribution in [3.8, 4) is 0 Å². The van der Waals surface area contributed by atoms with Crippen LogP contribution in [0.2, 0.25) is 3.43 Å². The van der Waals surface area contributed by atoms with Crippen LogP contribution in [0.25, 0.3) is 0 Å². The number of hydrogen-bond acceptors (Lipinski definition) is 1. The van der Waals surface area contributed by atoms with Gasteiger partial charge in [-0.1, -0.05) is 0 Å². The third kappa shape index (κ3) is 6.33. The zero-order valence-corrected chi connectivity index (χ0v) is 15.8. The fourth-order valence-corrected chi connectivity index (χ4v) is 7.82. The molecule has 108 valence electrons. The standard InChI is InChI=1S/C13H27.C3H3N2.Sn/c1-4-7-10-13(11-8-5-2)12-9-6-3;1-2-4-5-3-1;/h4-12H2,1-3H3;2-3H,(H,4,5);. The molecule has 0 aromatic carbocycles. The maximum atomic E-state index is 4.16. The second-order valence-corrected chi connectivity index (χ2v) is 11.1. The maximum absolute atomic E-state index is 4.16. The van der Waals surface area contributed by atoms with Crippen LogP contribution in [0, 0.1) is 0 Å². The second kappa shape index (κ2) is 9.84. The Hall–Kier alpha value is 0.00870. The summed E-state index contributed by atoms with van der Waals surface area (Å²) in [7, 11) is 0. The first kappa shape index (κ1) is 17.1. The van der Waals surface area contributed by atoms with Crippen molar-refractivity contribution < 1.29 is 0 Å². The van der Waals surface area contributed by atoms with Gasteiger partial charge in [-0.25, -0.2) is 0 Å². The quantitative estimate of drug-likeness (QED) is 0.573. The minimum atomic E-state index is -0.537. The molecule has 1 aromatic heterocycles. The van der Waals surface area contributed by atoms with Crippen LogP contribution in [0.3, 0.4) is 0 Å². The summed E-state index contributed by atoms with van der Waals surface area (Å²) in [6.45, 7) is 6.98. The second-order valence-electron chi connectivity index (χ2n) is 5.70. The summed E-state index contributed by atoms with van der Waals surface area (Å²) in [5.41, 5.74) is 0. The third-order valence-electron chi connectivity index (χ3n) is 3.93. The molecule has 0 bridgehead atoms. The van der Waals surface area contributed by atoms with Crippen molar-refractivity contribution in [1.82, 2.24) is 10.2 Å². The van der Waals surface area contributed by atoms with Crippen molar-refractivity contribution in [3.05, 3.63) is 12.4 Å². The Kier molecular flexibility index (Phi) is 8.84. The molecule has 0 amide bonds. The van der Waals surface area contributed by atoms with Crippen LogP contribution in [0.15, 0.2) is 12.4 Å². The average molecular weight is 369 g/mol. The summed E-state index contributed by atoms with van der Waals surface area (Å²) < 4.78 is 2.25. The van der Waals surface area contributed by atoms with E-state index in [1.807, 2.05) is 0 Å². The number of rotatable bonds is 11. The molecule has 2 nitrogen and oxygen atoms in total. The molecule has 0 spiro atoms. The van der Waals surface area contributed by atoms with E-state index in [0.29, 0.717) is 3.43 Å². The molecule has 2 radical (unpaired) electrons. The molecule has 1 aromatic rings. The van der Waals surface area contributed by atoms with E-state index in [2.05, 4.69) is 43.4 Å². The monoisotopic (exact) mass is 370 g/mol. The predicted octanol–water partition coefficient (Wildman–Crippen LogP) is 4.47. The zero-order chi connectivity index (χ0) is 14.0. The Labute approximate surface area is 129 Å². The molecule has 0 aliphatic carbocycles. The van der Waals surface area contributed by atoms with Gasteiger partial charge in [0.2, 0.25) is 0 Å². The van der Waals surface area contributed by atoms with E-state index in [1.165, 1.54) is 57.8 Å². The molecule has 0 saturated carbocycles. The van der Waals surface area contributed by atoms with Crippen LogP contribution in [0.1, 0.15) is 78.6 Å². The Balaban J connectivity index is 2.74. The first-order chi connectivity index (χ1) is 9.26. The van der Waals surface area contributed by atoms with Gasteiger partial charge in [0.05, 0.1) is 0 Å². The number of unbranched alkanes of at least 4 members (excludes halogenated alkanes) is 3. The molecule has 19 heavy (non-hydrogen) atoms. The molecule has 3 heteroatoms. The van der Waals surface area contributed by atoms with Crippen molar-refractivity contribution in [2.45, 2.75) is 82.0 Å². The van der Waals surface area contributed by atoms with E-state index in [4.69, 9.17) is 0 Å². The molecule has 0 saturated heterocycles. The number of nitrogens with one attached hydrogen (secondary N) is 1. The predicted molar refractivity (Wildman–Crippen MR) is 85.2 cm³/mol. The van der Waals surface area contributed by atoms with Gasteiger partial charge in [0, 0.05) is 0 Å². The Morgan fingerprint density at radius 3 is 1.89 bits per heavy atom. The molecule has 0 aliphatic rings. The van der Waals surface area contributed by atoms with Gasteiger partial charge in [-0.15, -0.1) is 0 Å². The van der Waals surface area contributed by atoms with Gasteiger partial charge in [0.25, 0.3) is 0 Å². The van der Waals surface area contributed by atoms with Crippen molar-refractivity contribution in [1.29, 1.82) is 0 Å². The van der Waals surface area contributed by atoms with Crippen molar-refractivity contribution in [3.63, 3.8) is 0 Å². The Bertz CT molecular complexity index is 287. The van der Waals surface area contributed by atoms with Crippen LogP contribution in [0.4, 0.5) is 0 Å². The molecule has 0 fully saturated rings. The first-order valence-corrected chi connectivity index (χ1v) is 10.9. The number of hydrogen-bond donors (Lipinski definition) is 1. The van der Waals surface area contributed by atoms with Crippen LogP contribution >= 0.6 is 0 Å². The van der Waals surface area contributed by atoms with Crippen molar-refractivity contribution in [2.75, 3.05) is 0 Å². The van der Waals surface area contributed by atoms with Crippen molar-refractivity contribution >= 4 is 24.7 Å². The first-order valence-electron chi connectivity index (χ1n) is 8.03. The molecule has 0 atom stereocenters. The number of aromatic nitrogens is 2. The fraction of sp³-hybridized carbons (Fsp3) is 0.812. The SMILES string of the molecule is CCCC[C](CCCC)(CCCC)[Sn][c]1cn[nH]c1. The van der Waals surface area contributed by atoms with Gasteiger partial charge in [-0.3, -0.25) is 0 Å². The summed E-state index contributed by atoms with van der Waals surface area (Å²) in [6.07, 6.45) is 16.9. The van der Waals surface area contributed by atoms with Crippen molar-refractivity contribution in [2.24, 2.45) is 0 Å². The summed E-state index contributed by atoms with van der Waals surface area (Å²) in [5.74, 6) is 0. The number of nitrogens with zero attached hydrogens (tertiary/aromatic N) is 1. The molecule has 1 N–H and O–H groups in total. The normalized spacial score (nSPS) is 11.9. The molecule has 0 unspecified atom stereocenters. The van der Waals surface area contributed by atoms with Gasteiger partial charge >= 0.3 is 129 Å². The minimum absolute atomic E-state index is 0.537. The third-order valence-corrected chi connectivity index (χ3v) is 9.19. The fourth-order valence-electron chi connectivity index (χ4n) is 2.73. The van der Waals surface area contributed by atoms with E-state index in [1.54, 1.807) is 3.58 Å². The number of aromatic amines is 1. The summed E-state index contributed by atoms with van der Waals surface area (Å²) in [6, 6.07) is 0. The molecule has 1 rings (SSSR count). The summed E-state index contributed by atoms with van der Waals surface area (Å²) in [4.78, 5) is 0. The van der Waals surface area contributed by atoms with Gasteiger partial charge < -0.3 is 0 Å². The van der Waals surface area contributed by atoms with E-state index >= 15 is 0 Å². The topological polar surface area (TPSA) is 28.7 Å². The van der Waals surface area contributed by atoms with E-state index in [9.17, 15) is 0 Å². The van der Waals surface area contributed by atoms with Gasteiger partial charge in [-0.2, -0.15) is 0 Å². The van der Waals surface area contributed by atoms with Gasteiger partial charge in [0.1, 0.15) is 0 Å². The molecular formula is C16H30N2Sn. The van der Waals surface area contributed by atoms with Crippen LogP contribution in [0.5, 0.6) is 0 Å². The Morgan fingerprint density at radius 1 is 1.00 bits per heavy atom. The van der Waals surface area contributed by atoms with Crippen LogP contribution < -0.4 is 3.58 Å². The zero-order valence-electron chi connectivity index (χ0n) is 13.0. The Morgan fingerprint density at radius 2 is 1.53 bits per heavy atom. The average Bonchev–Trinajstić information content (AvgIpc) is 2.93.